The molecule has 2 atom stereocenters. The minimum atomic E-state index is 0.985. The minimum Gasteiger partial charge on any atom is -0.316 e. The summed E-state index contributed by atoms with van der Waals surface area (Å²) in [7, 11) is 0. The molecule has 1 fully saturated rings. The van der Waals surface area contributed by atoms with Crippen LogP contribution in [0.15, 0.2) is 0 Å². The van der Waals surface area contributed by atoms with Gasteiger partial charge in [-0.3, -0.25) is 0 Å². The van der Waals surface area contributed by atoms with Crippen LogP contribution in [0.3, 0.4) is 0 Å². The number of hydrogen-bond donors (Lipinski definition) is 1. The molecule has 1 aliphatic carbocycles. The van der Waals surface area contributed by atoms with Gasteiger partial charge in [0.25, 0.3) is 0 Å². The van der Waals surface area contributed by atoms with Gasteiger partial charge in [0.05, 0.1) is 0 Å². The molecule has 0 spiro atoms. The zero-order valence-corrected chi connectivity index (χ0v) is 11.2. The molecule has 15 heavy (non-hydrogen) atoms. The van der Waals surface area contributed by atoms with E-state index < -0.39 is 0 Å². The maximum Gasteiger partial charge on any atom is -0.00179 e. The molecule has 0 heterocycles. The van der Waals surface area contributed by atoms with Gasteiger partial charge >= 0.3 is 0 Å². The van der Waals surface area contributed by atoms with E-state index in [1.165, 1.54) is 57.4 Å². The van der Waals surface area contributed by atoms with Crippen LogP contribution in [0.25, 0.3) is 0 Å². The molecule has 0 amide bonds. The number of thioether (sulfide) groups is 1. The fraction of sp³-hybridized carbons (Fsp3) is 1.00. The Morgan fingerprint density at radius 1 is 1.27 bits per heavy atom. The Balaban J connectivity index is 2.11. The van der Waals surface area contributed by atoms with Gasteiger partial charge in [-0.1, -0.05) is 19.8 Å². The summed E-state index contributed by atoms with van der Waals surface area (Å²) in [5.74, 6) is 3.37. The van der Waals surface area contributed by atoms with Crippen LogP contribution in [0, 0.1) is 11.8 Å². The van der Waals surface area contributed by atoms with Gasteiger partial charge in [0.15, 0.2) is 0 Å². The summed E-state index contributed by atoms with van der Waals surface area (Å²) in [5.41, 5.74) is 0. The van der Waals surface area contributed by atoms with E-state index in [0.29, 0.717) is 0 Å². The van der Waals surface area contributed by atoms with E-state index in [4.69, 9.17) is 0 Å². The van der Waals surface area contributed by atoms with Gasteiger partial charge in [0, 0.05) is 0 Å². The quantitative estimate of drug-likeness (QED) is 0.639. The number of hydrogen-bond acceptors (Lipinski definition) is 2. The van der Waals surface area contributed by atoms with Crippen LogP contribution in [0.1, 0.15) is 45.4 Å². The maximum atomic E-state index is 3.59. The Hall–Kier alpha value is 0.310. The fourth-order valence-corrected chi connectivity index (χ4v) is 3.17. The molecule has 1 N–H and O–H groups in total. The van der Waals surface area contributed by atoms with E-state index in [1.54, 1.807) is 0 Å². The first-order valence-corrected chi connectivity index (χ1v) is 7.97. The van der Waals surface area contributed by atoms with Crippen molar-refractivity contribution in [3.05, 3.63) is 0 Å². The summed E-state index contributed by atoms with van der Waals surface area (Å²) in [6.07, 6.45) is 10.8. The van der Waals surface area contributed by atoms with Crippen molar-refractivity contribution in [2.75, 3.05) is 25.1 Å². The van der Waals surface area contributed by atoms with Crippen molar-refractivity contribution in [1.29, 1.82) is 0 Å². The van der Waals surface area contributed by atoms with E-state index in [1.807, 2.05) is 11.8 Å². The largest absolute Gasteiger partial charge is 0.316 e. The van der Waals surface area contributed by atoms with Gasteiger partial charge in [-0.05, 0) is 62.6 Å². The van der Waals surface area contributed by atoms with Crippen LogP contribution >= 0.6 is 11.8 Å². The molecule has 2 heteroatoms. The van der Waals surface area contributed by atoms with E-state index in [9.17, 15) is 0 Å². The van der Waals surface area contributed by atoms with Crippen molar-refractivity contribution in [3.63, 3.8) is 0 Å². The highest BCUT2D eigenvalue weighted by Crippen LogP contribution is 2.34. The topological polar surface area (TPSA) is 12.0 Å². The first-order valence-electron chi connectivity index (χ1n) is 6.58. The average Bonchev–Trinajstić information content (AvgIpc) is 2.67. The molecule has 0 radical (unpaired) electrons. The lowest BCUT2D eigenvalue weighted by atomic mass is 9.92. The van der Waals surface area contributed by atoms with Crippen LogP contribution < -0.4 is 5.32 Å². The van der Waals surface area contributed by atoms with Gasteiger partial charge in [0.2, 0.25) is 0 Å². The van der Waals surface area contributed by atoms with Crippen LogP contribution in [-0.2, 0) is 0 Å². The monoisotopic (exact) mass is 229 g/mol. The highest BCUT2D eigenvalue weighted by molar-refractivity contribution is 7.98. The standard InChI is InChI=1S/C13H27NS/c1-3-9-14-11-13-7-4-6-12(13)8-5-10-15-2/h12-14H,3-11H2,1-2H3. The fourth-order valence-electron chi connectivity index (χ4n) is 2.72. The van der Waals surface area contributed by atoms with Crippen molar-refractivity contribution >= 4 is 11.8 Å². The Morgan fingerprint density at radius 3 is 2.80 bits per heavy atom. The van der Waals surface area contributed by atoms with Crippen molar-refractivity contribution in [2.24, 2.45) is 11.8 Å². The number of rotatable bonds is 8. The molecule has 1 saturated carbocycles. The summed E-state index contributed by atoms with van der Waals surface area (Å²) in [4.78, 5) is 0. The lowest BCUT2D eigenvalue weighted by Crippen LogP contribution is -2.25. The smallest absolute Gasteiger partial charge is 0.00179 e. The van der Waals surface area contributed by atoms with E-state index in [2.05, 4.69) is 18.5 Å². The minimum absolute atomic E-state index is 0.985. The summed E-state index contributed by atoms with van der Waals surface area (Å²) in [6, 6.07) is 0. The lowest BCUT2D eigenvalue weighted by Gasteiger charge is -2.19. The van der Waals surface area contributed by atoms with E-state index >= 15 is 0 Å². The summed E-state index contributed by atoms with van der Waals surface area (Å²) in [6.45, 7) is 4.73. The highest BCUT2D eigenvalue weighted by Gasteiger charge is 2.25. The average molecular weight is 229 g/mol. The Bertz CT molecular complexity index is 133. The molecule has 1 nitrogen and oxygen atoms in total. The van der Waals surface area contributed by atoms with Crippen molar-refractivity contribution < 1.29 is 0 Å². The Kier molecular flexibility index (Phi) is 7.54. The zero-order chi connectivity index (χ0) is 10.9. The second-order valence-corrected chi connectivity index (χ2v) is 5.78. The third-order valence-electron chi connectivity index (χ3n) is 3.57. The molecule has 1 rings (SSSR count). The van der Waals surface area contributed by atoms with Crippen molar-refractivity contribution in [1.82, 2.24) is 5.32 Å². The Morgan fingerprint density at radius 2 is 2.07 bits per heavy atom. The van der Waals surface area contributed by atoms with Gasteiger partial charge in [-0.2, -0.15) is 11.8 Å². The molecule has 0 aromatic heterocycles. The summed E-state index contributed by atoms with van der Waals surface area (Å²) in [5, 5.41) is 3.59. The van der Waals surface area contributed by atoms with E-state index in [-0.39, 0.29) is 0 Å². The first-order chi connectivity index (χ1) is 7.38. The molecule has 90 valence electrons. The molecule has 1 aliphatic rings. The molecule has 0 bridgehead atoms. The third-order valence-corrected chi connectivity index (χ3v) is 4.27. The van der Waals surface area contributed by atoms with Gasteiger partial charge < -0.3 is 5.32 Å². The molecular weight excluding hydrogens is 202 g/mol. The second kappa shape index (κ2) is 8.46. The molecule has 2 unspecified atom stereocenters. The van der Waals surface area contributed by atoms with Gasteiger partial charge in [-0.25, -0.2) is 0 Å². The predicted molar refractivity (Wildman–Crippen MR) is 71.6 cm³/mol. The predicted octanol–water partition coefficient (Wildman–Crippen LogP) is 3.55. The zero-order valence-electron chi connectivity index (χ0n) is 10.4. The molecule has 0 aliphatic heterocycles. The van der Waals surface area contributed by atoms with Gasteiger partial charge in [-0.15, -0.1) is 0 Å². The van der Waals surface area contributed by atoms with Crippen LogP contribution in [-0.4, -0.2) is 25.1 Å². The van der Waals surface area contributed by atoms with E-state index in [0.717, 1.165) is 11.8 Å². The SMILES string of the molecule is CCCNCC1CCCC1CCCSC. The Labute approximate surface area is 99.8 Å². The van der Waals surface area contributed by atoms with Crippen LogP contribution in [0.2, 0.25) is 0 Å². The maximum absolute atomic E-state index is 3.59. The molecular formula is C13H27NS. The normalized spacial score (nSPS) is 26.0. The summed E-state index contributed by atoms with van der Waals surface area (Å²) >= 11 is 1.99. The van der Waals surface area contributed by atoms with Crippen LogP contribution in [0.5, 0.6) is 0 Å². The van der Waals surface area contributed by atoms with Gasteiger partial charge in [0.1, 0.15) is 0 Å². The lowest BCUT2D eigenvalue weighted by molar-refractivity contribution is 0.346. The number of nitrogens with one attached hydrogen (secondary N) is 1. The van der Waals surface area contributed by atoms with Crippen molar-refractivity contribution in [3.8, 4) is 0 Å². The third kappa shape index (κ3) is 5.26. The second-order valence-electron chi connectivity index (χ2n) is 4.79. The van der Waals surface area contributed by atoms with Crippen molar-refractivity contribution in [2.45, 2.75) is 45.4 Å². The molecule has 0 aromatic carbocycles. The summed E-state index contributed by atoms with van der Waals surface area (Å²) < 4.78 is 0. The highest BCUT2D eigenvalue weighted by atomic mass is 32.2. The van der Waals surface area contributed by atoms with Crippen LogP contribution in [0.4, 0.5) is 0 Å². The molecule has 0 saturated heterocycles. The first kappa shape index (κ1) is 13.4. The molecule has 0 aromatic rings.